The molecule has 13 heteroatoms. The standard InChI is InChI=1S/C15H15NO2S.C15H15NOS.C14H14N2S.C13H12O.C13H12S.H2O/c16-14(17)11-19(18)15(12-7-3-1-4-8-12)13-9-5-2-6-10-13;16-14(17)11-18-15(12-7-3-1-4-8-12)13-9-5-2-6-10-13;15-14(16)17-13(11-7-3-1-4-8-11)12-9-5-2-6-10-12;2*14-13(11-7-3-1-4-8-11)12-9-5-2-6-10-12;/h1-10,15H,11H2,(H2,16,17);1-10,15H,11H2,(H2,16,17);1-10,13H,(H3,15,16);2*1-10,13-14H;1H2/p+1. The summed E-state index contributed by atoms with van der Waals surface area (Å²) in [5, 5.41) is 16.2. The van der Waals surface area contributed by atoms with Crippen LogP contribution in [0.3, 0.4) is 0 Å². The van der Waals surface area contributed by atoms with Crippen LogP contribution in [0, 0.1) is 0 Å². The van der Waals surface area contributed by atoms with Crippen molar-refractivity contribution >= 4 is 63.9 Å². The molecule has 0 aromatic heterocycles. The molecule has 0 aliphatic heterocycles. The van der Waals surface area contributed by atoms with Crippen molar-refractivity contribution in [2.24, 2.45) is 17.2 Å². The van der Waals surface area contributed by atoms with Gasteiger partial charge in [-0.3, -0.25) is 24.9 Å². The number of nitrogens with two attached hydrogens (primary N) is 4. The molecule has 9 nitrogen and oxygen atoms in total. The van der Waals surface area contributed by atoms with Crippen LogP contribution in [0.5, 0.6) is 0 Å². The van der Waals surface area contributed by atoms with E-state index < -0.39 is 22.8 Å². The van der Waals surface area contributed by atoms with Crippen molar-refractivity contribution < 1.29 is 29.8 Å². The Labute approximate surface area is 505 Å². The molecular formula is C70H71N4O5S4+. The Morgan fingerprint density at radius 2 is 0.639 bits per heavy atom. The molecule has 0 saturated carbocycles. The van der Waals surface area contributed by atoms with Gasteiger partial charge in [0.05, 0.1) is 26.8 Å². The summed E-state index contributed by atoms with van der Waals surface area (Å²) in [6.07, 6.45) is -0.516. The third kappa shape index (κ3) is 22.9. The smallest absolute Gasteiger partial charge is 0.300 e. The molecule has 10 rings (SSSR count). The SMILES string of the molecule is NC(=O)CS(=O)C(c1ccccc1)c1ccccc1.NC(=O)CSC(c1ccccc1)c1ccccc1.NC(=[NH2+])SC(c1ccccc1)c1ccccc1.O.OC(c1ccccc1)c1ccccc1.SC(c1ccccc1)c1ccccc1. The van der Waals surface area contributed by atoms with Crippen molar-refractivity contribution in [3.63, 3.8) is 0 Å². The summed E-state index contributed by atoms with van der Waals surface area (Å²) in [7, 11) is -1.36. The van der Waals surface area contributed by atoms with E-state index in [2.05, 4.69) is 85.4 Å². The fourth-order valence-electron chi connectivity index (χ4n) is 8.43. The van der Waals surface area contributed by atoms with E-state index in [9.17, 15) is 18.9 Å². The van der Waals surface area contributed by atoms with Crippen molar-refractivity contribution in [3.8, 4) is 0 Å². The second kappa shape index (κ2) is 37.0. The Hall–Kier alpha value is -8.27. The van der Waals surface area contributed by atoms with Gasteiger partial charge in [0.1, 0.15) is 11.9 Å². The molecule has 83 heavy (non-hydrogen) atoms. The Balaban J connectivity index is 0.000000190. The van der Waals surface area contributed by atoms with Crippen LogP contribution >= 0.6 is 36.2 Å². The summed E-state index contributed by atoms with van der Waals surface area (Å²) >= 11 is 7.65. The highest BCUT2D eigenvalue weighted by Crippen LogP contribution is 2.36. The second-order valence-electron chi connectivity index (χ2n) is 18.3. The lowest BCUT2D eigenvalue weighted by Gasteiger charge is -2.16. The highest BCUT2D eigenvalue weighted by atomic mass is 32.2. The Kier molecular flexibility index (Phi) is 29.2. The first-order chi connectivity index (χ1) is 40.0. The number of thiol groups is 1. The lowest BCUT2D eigenvalue weighted by molar-refractivity contribution is -0.116. The van der Waals surface area contributed by atoms with Gasteiger partial charge >= 0.3 is 5.17 Å². The number of benzene rings is 10. The average Bonchev–Trinajstić information content (AvgIpc) is 3.64. The van der Waals surface area contributed by atoms with Crippen LogP contribution in [-0.2, 0) is 20.4 Å². The number of hydrogen-bond donors (Lipinski definition) is 6. The van der Waals surface area contributed by atoms with Crippen LogP contribution in [0.15, 0.2) is 303 Å². The van der Waals surface area contributed by atoms with Crippen LogP contribution in [0.2, 0.25) is 0 Å². The van der Waals surface area contributed by atoms with Crippen molar-refractivity contribution in [3.05, 3.63) is 359 Å². The summed E-state index contributed by atoms with van der Waals surface area (Å²) in [6, 6.07) is 99.8. The summed E-state index contributed by atoms with van der Waals surface area (Å²) in [4.78, 5) is 22.0. The molecule has 1 unspecified atom stereocenters. The molecule has 0 aliphatic carbocycles. The molecule has 0 bridgehead atoms. The first kappa shape index (κ1) is 65.5. The third-order valence-electron chi connectivity index (χ3n) is 12.3. The topological polar surface area (TPSA) is 207 Å². The van der Waals surface area contributed by atoms with E-state index >= 15 is 0 Å². The van der Waals surface area contributed by atoms with E-state index in [1.807, 2.05) is 231 Å². The maximum absolute atomic E-state index is 12.4. The number of carbonyl (C=O) groups is 2. The summed E-state index contributed by atoms with van der Waals surface area (Å²) in [5.74, 6) is -0.629. The Morgan fingerprint density at radius 3 is 0.892 bits per heavy atom. The molecule has 0 saturated heterocycles. The molecule has 11 N–H and O–H groups in total. The predicted molar refractivity (Wildman–Crippen MR) is 351 cm³/mol. The van der Waals surface area contributed by atoms with Gasteiger partial charge in [-0.05, 0) is 67.4 Å². The van der Waals surface area contributed by atoms with E-state index in [-0.39, 0.29) is 38.1 Å². The summed E-state index contributed by atoms with van der Waals surface area (Å²) in [6.45, 7) is 0. The zero-order valence-corrected chi connectivity index (χ0v) is 49.2. The minimum absolute atomic E-state index is 0. The quantitative estimate of drug-likeness (QED) is 0.0295. The van der Waals surface area contributed by atoms with E-state index in [1.54, 1.807) is 11.8 Å². The first-order valence-corrected chi connectivity index (χ1v) is 30.3. The van der Waals surface area contributed by atoms with Crippen LogP contribution in [-0.4, -0.2) is 43.3 Å². The van der Waals surface area contributed by atoms with Gasteiger partial charge in [-0.15, -0.1) is 11.8 Å². The lowest BCUT2D eigenvalue weighted by Crippen LogP contribution is -2.43. The number of rotatable bonds is 17. The normalized spacial score (nSPS) is 10.7. The average molecular weight is 1180 g/mol. The van der Waals surface area contributed by atoms with Gasteiger partial charge in [0.15, 0.2) is 0 Å². The maximum Gasteiger partial charge on any atom is 0.300 e. The van der Waals surface area contributed by atoms with Gasteiger partial charge in [0.2, 0.25) is 11.8 Å². The summed E-state index contributed by atoms with van der Waals surface area (Å²) < 4.78 is 12.4. The highest BCUT2D eigenvalue weighted by Gasteiger charge is 2.23. The number of aliphatic hydroxyl groups excluding tert-OH is 1. The molecule has 0 fully saturated rings. The van der Waals surface area contributed by atoms with Gasteiger partial charge < -0.3 is 22.1 Å². The second-order valence-corrected chi connectivity index (χ2v) is 22.7. The number of aliphatic hydroxyl groups is 1. The largest absolute Gasteiger partial charge is 0.412 e. The van der Waals surface area contributed by atoms with Crippen LogP contribution < -0.4 is 22.6 Å². The lowest BCUT2D eigenvalue weighted by atomic mass is 10.0. The van der Waals surface area contributed by atoms with Crippen LogP contribution in [0.1, 0.15) is 82.7 Å². The van der Waals surface area contributed by atoms with Gasteiger partial charge in [0, 0.05) is 10.8 Å². The molecule has 0 spiro atoms. The Bertz CT molecular complexity index is 3110. The maximum atomic E-state index is 12.4. The molecule has 0 heterocycles. The summed E-state index contributed by atoms with van der Waals surface area (Å²) in [5.41, 5.74) is 27.0. The van der Waals surface area contributed by atoms with E-state index in [0.717, 1.165) is 22.3 Å². The molecular weight excluding hydrogens is 1110 g/mol. The number of hydrogen-bond acceptors (Lipinski definition) is 7. The van der Waals surface area contributed by atoms with Crippen molar-refractivity contribution in [2.75, 3.05) is 11.5 Å². The van der Waals surface area contributed by atoms with Crippen molar-refractivity contribution in [1.82, 2.24) is 0 Å². The predicted octanol–water partition coefficient (Wildman–Crippen LogP) is 12.2. The first-order valence-electron chi connectivity index (χ1n) is 26.4. The third-order valence-corrected chi connectivity index (χ3v) is 16.9. The zero-order valence-electron chi connectivity index (χ0n) is 45.8. The molecule has 2 amide bonds. The van der Waals surface area contributed by atoms with Crippen molar-refractivity contribution in [2.45, 2.75) is 27.1 Å². The highest BCUT2D eigenvalue weighted by molar-refractivity contribution is 8.13. The molecule has 1 atom stereocenters. The van der Waals surface area contributed by atoms with Crippen LogP contribution in [0.25, 0.3) is 0 Å². The van der Waals surface area contributed by atoms with Crippen LogP contribution in [0.4, 0.5) is 0 Å². The number of carbonyl (C=O) groups excluding carboxylic acids is 2. The number of primary amides is 2. The monoisotopic (exact) mass is 1180 g/mol. The van der Waals surface area contributed by atoms with Gasteiger partial charge in [-0.1, -0.05) is 303 Å². The van der Waals surface area contributed by atoms with Gasteiger partial charge in [-0.2, -0.15) is 12.6 Å². The molecule has 424 valence electrons. The van der Waals surface area contributed by atoms with Gasteiger partial charge in [0.25, 0.3) is 0 Å². The number of thioether (sulfide) groups is 2. The molecule has 0 aliphatic rings. The molecule has 10 aromatic rings. The van der Waals surface area contributed by atoms with E-state index in [4.69, 9.17) is 22.6 Å². The molecule has 10 aromatic carbocycles. The minimum atomic E-state index is -1.36. The van der Waals surface area contributed by atoms with Gasteiger partial charge in [-0.25, -0.2) is 0 Å². The van der Waals surface area contributed by atoms with E-state index in [0.29, 0.717) is 10.9 Å². The fourth-order valence-corrected chi connectivity index (χ4v) is 12.0. The number of amidine groups is 1. The van der Waals surface area contributed by atoms with Crippen molar-refractivity contribution in [1.29, 1.82) is 0 Å². The number of amides is 2. The van der Waals surface area contributed by atoms with E-state index in [1.165, 1.54) is 45.1 Å². The molecule has 0 radical (unpaired) electrons. The Morgan fingerprint density at radius 1 is 0.398 bits per heavy atom. The minimum Gasteiger partial charge on any atom is -0.412 e. The zero-order chi connectivity index (χ0) is 58.2. The fraction of sp³-hybridized carbons (Fsp3) is 0.100.